The first-order chi connectivity index (χ1) is 14.0. The highest BCUT2D eigenvalue weighted by Crippen LogP contribution is 2.51. The van der Waals surface area contributed by atoms with Crippen LogP contribution in [-0.2, 0) is 21.6 Å². The SMILES string of the molecule is COC(=O)CN1Cc2c(nc3c(Br)cnn3c2N[C@H]2CC[C@H](N)C2)C12CCCC2. The van der Waals surface area contributed by atoms with Crippen molar-refractivity contribution >= 4 is 33.4 Å². The van der Waals surface area contributed by atoms with Crippen LogP contribution < -0.4 is 11.1 Å². The lowest BCUT2D eigenvalue weighted by atomic mass is 9.92. The Bertz CT molecular complexity index is 954. The van der Waals surface area contributed by atoms with Crippen molar-refractivity contribution in [3.8, 4) is 0 Å². The summed E-state index contributed by atoms with van der Waals surface area (Å²) in [5.41, 5.74) is 9.02. The van der Waals surface area contributed by atoms with Crippen LogP contribution in [0.3, 0.4) is 0 Å². The van der Waals surface area contributed by atoms with Gasteiger partial charge in [0, 0.05) is 24.2 Å². The zero-order valence-corrected chi connectivity index (χ0v) is 18.2. The Morgan fingerprint density at radius 2 is 2.21 bits per heavy atom. The van der Waals surface area contributed by atoms with Gasteiger partial charge in [0.1, 0.15) is 5.82 Å². The lowest BCUT2D eigenvalue weighted by Crippen LogP contribution is -2.42. The van der Waals surface area contributed by atoms with Gasteiger partial charge in [0.05, 0.1) is 35.6 Å². The number of rotatable bonds is 4. The van der Waals surface area contributed by atoms with Crippen LogP contribution in [0, 0.1) is 0 Å². The Morgan fingerprint density at radius 3 is 2.90 bits per heavy atom. The topological polar surface area (TPSA) is 97.8 Å². The highest BCUT2D eigenvalue weighted by Gasteiger charge is 2.50. The first-order valence-corrected chi connectivity index (χ1v) is 11.2. The summed E-state index contributed by atoms with van der Waals surface area (Å²) in [4.78, 5) is 19.5. The zero-order chi connectivity index (χ0) is 20.2. The number of fused-ring (bicyclic) bond motifs is 3. The molecule has 9 heteroatoms. The molecule has 2 atom stereocenters. The third-order valence-electron chi connectivity index (χ3n) is 6.89. The van der Waals surface area contributed by atoms with Crippen molar-refractivity contribution < 1.29 is 9.53 Å². The summed E-state index contributed by atoms with van der Waals surface area (Å²) in [7, 11) is 1.45. The number of nitrogens with one attached hydrogen (secondary N) is 1. The minimum Gasteiger partial charge on any atom is -0.468 e. The number of halogens is 1. The van der Waals surface area contributed by atoms with Gasteiger partial charge in [-0.1, -0.05) is 12.8 Å². The monoisotopic (exact) mass is 462 g/mol. The fourth-order valence-corrected chi connectivity index (χ4v) is 5.80. The van der Waals surface area contributed by atoms with Crippen molar-refractivity contribution in [3.05, 3.63) is 21.9 Å². The van der Waals surface area contributed by atoms with E-state index >= 15 is 0 Å². The normalized spacial score (nSPS) is 25.8. The van der Waals surface area contributed by atoms with Gasteiger partial charge in [-0.25, -0.2) is 4.98 Å². The number of methoxy groups -OCH3 is 1. The number of esters is 1. The highest BCUT2D eigenvalue weighted by atomic mass is 79.9. The van der Waals surface area contributed by atoms with Gasteiger partial charge in [0.25, 0.3) is 0 Å². The number of anilines is 1. The minimum absolute atomic E-state index is 0.197. The summed E-state index contributed by atoms with van der Waals surface area (Å²) in [6, 6.07) is 0.580. The van der Waals surface area contributed by atoms with Crippen LogP contribution in [0.2, 0.25) is 0 Å². The highest BCUT2D eigenvalue weighted by molar-refractivity contribution is 9.10. The predicted octanol–water partition coefficient (Wildman–Crippen LogP) is 2.54. The van der Waals surface area contributed by atoms with Crippen molar-refractivity contribution in [1.82, 2.24) is 19.5 Å². The molecule has 0 saturated heterocycles. The third-order valence-corrected chi connectivity index (χ3v) is 7.45. The van der Waals surface area contributed by atoms with E-state index in [0.717, 1.165) is 72.1 Å². The lowest BCUT2D eigenvalue weighted by Gasteiger charge is -2.34. The molecular weight excluding hydrogens is 436 g/mol. The molecule has 2 aromatic heterocycles. The predicted molar refractivity (Wildman–Crippen MR) is 112 cm³/mol. The van der Waals surface area contributed by atoms with Gasteiger partial charge in [-0.2, -0.15) is 9.61 Å². The van der Waals surface area contributed by atoms with E-state index in [-0.39, 0.29) is 24.1 Å². The maximum Gasteiger partial charge on any atom is 0.319 e. The van der Waals surface area contributed by atoms with Gasteiger partial charge in [0.15, 0.2) is 5.65 Å². The average molecular weight is 463 g/mol. The number of hydrogen-bond acceptors (Lipinski definition) is 7. The molecule has 1 aliphatic heterocycles. The molecule has 29 heavy (non-hydrogen) atoms. The Labute approximate surface area is 178 Å². The minimum atomic E-state index is -0.202. The Balaban J connectivity index is 1.63. The lowest BCUT2D eigenvalue weighted by molar-refractivity contribution is -0.143. The molecule has 8 nitrogen and oxygen atoms in total. The van der Waals surface area contributed by atoms with Gasteiger partial charge in [0.2, 0.25) is 0 Å². The van der Waals surface area contributed by atoms with E-state index < -0.39 is 0 Å². The van der Waals surface area contributed by atoms with E-state index in [9.17, 15) is 4.79 Å². The van der Waals surface area contributed by atoms with Crippen molar-refractivity contribution in [2.75, 3.05) is 19.0 Å². The summed E-state index contributed by atoms with van der Waals surface area (Å²) in [5, 5.41) is 8.32. The fourth-order valence-electron chi connectivity index (χ4n) is 5.46. The molecule has 2 saturated carbocycles. The van der Waals surface area contributed by atoms with Crippen LogP contribution in [-0.4, -0.2) is 51.2 Å². The molecule has 0 radical (unpaired) electrons. The molecule has 2 aliphatic carbocycles. The van der Waals surface area contributed by atoms with E-state index in [1.165, 1.54) is 7.11 Å². The Morgan fingerprint density at radius 1 is 1.41 bits per heavy atom. The largest absolute Gasteiger partial charge is 0.468 e. The van der Waals surface area contributed by atoms with E-state index in [1.54, 1.807) is 6.20 Å². The van der Waals surface area contributed by atoms with Gasteiger partial charge in [-0.05, 0) is 48.0 Å². The summed E-state index contributed by atoms with van der Waals surface area (Å²) >= 11 is 3.61. The van der Waals surface area contributed by atoms with Crippen LogP contribution in [0.5, 0.6) is 0 Å². The maximum absolute atomic E-state index is 12.2. The molecule has 0 amide bonds. The average Bonchev–Trinajstić information content (AvgIpc) is 3.47. The molecular formula is C20H27BrN6O2. The Kier molecular flexibility index (Phi) is 4.79. The molecule has 0 bridgehead atoms. The van der Waals surface area contributed by atoms with E-state index in [4.69, 9.17) is 15.5 Å². The van der Waals surface area contributed by atoms with E-state index in [2.05, 4.69) is 31.2 Å². The second-order valence-electron chi connectivity index (χ2n) is 8.60. The number of carbonyl (C=O) groups is 1. The first-order valence-electron chi connectivity index (χ1n) is 10.4. The molecule has 2 fully saturated rings. The number of nitrogens with zero attached hydrogens (tertiary/aromatic N) is 4. The van der Waals surface area contributed by atoms with Crippen molar-refractivity contribution in [1.29, 1.82) is 0 Å². The number of hydrogen-bond donors (Lipinski definition) is 2. The molecule has 5 rings (SSSR count). The summed E-state index contributed by atoms with van der Waals surface area (Å²) < 4.78 is 7.77. The second-order valence-corrected chi connectivity index (χ2v) is 9.46. The van der Waals surface area contributed by atoms with Crippen LogP contribution in [0.15, 0.2) is 10.7 Å². The van der Waals surface area contributed by atoms with Crippen LogP contribution in [0.4, 0.5) is 5.82 Å². The second kappa shape index (κ2) is 7.21. The number of carbonyl (C=O) groups excluding carboxylic acids is 1. The van der Waals surface area contributed by atoms with Crippen molar-refractivity contribution in [2.45, 2.75) is 69.1 Å². The third kappa shape index (κ3) is 3.05. The molecule has 156 valence electrons. The first kappa shape index (κ1) is 19.3. The zero-order valence-electron chi connectivity index (χ0n) is 16.7. The molecule has 0 aromatic carbocycles. The summed E-state index contributed by atoms with van der Waals surface area (Å²) in [6.45, 7) is 0.954. The molecule has 3 N–H and O–H groups in total. The summed E-state index contributed by atoms with van der Waals surface area (Å²) in [6.07, 6.45) is 9.16. The maximum atomic E-state index is 12.2. The standard InChI is InChI=1S/C20H27BrN6O2/c1-29-16(28)11-26-10-14-17(20(26)6-2-3-7-20)25-19-15(21)9-23-27(19)18(14)24-13-5-4-12(22)8-13/h9,12-13,24H,2-8,10-11,22H2,1H3/t12-,13-/m0/s1. The smallest absolute Gasteiger partial charge is 0.319 e. The van der Waals surface area contributed by atoms with E-state index in [1.807, 2.05) is 4.52 Å². The molecule has 1 spiro atoms. The van der Waals surface area contributed by atoms with Crippen molar-refractivity contribution in [2.24, 2.45) is 5.73 Å². The quantitative estimate of drug-likeness (QED) is 0.673. The fraction of sp³-hybridized carbons (Fsp3) is 0.650. The molecule has 2 aromatic rings. The van der Waals surface area contributed by atoms with Crippen molar-refractivity contribution in [3.63, 3.8) is 0 Å². The van der Waals surface area contributed by atoms with Gasteiger partial charge in [-0.15, -0.1) is 0 Å². The van der Waals surface area contributed by atoms with Crippen LogP contribution >= 0.6 is 15.9 Å². The van der Waals surface area contributed by atoms with Gasteiger partial charge >= 0.3 is 5.97 Å². The Hall–Kier alpha value is -1.71. The molecule has 3 heterocycles. The van der Waals surface area contributed by atoms with Gasteiger partial charge in [-0.3, -0.25) is 9.69 Å². The number of ether oxygens (including phenoxy) is 1. The molecule has 3 aliphatic rings. The molecule has 0 unspecified atom stereocenters. The van der Waals surface area contributed by atoms with E-state index in [0.29, 0.717) is 12.6 Å². The van der Waals surface area contributed by atoms with Gasteiger partial charge < -0.3 is 15.8 Å². The van der Waals surface area contributed by atoms with Crippen LogP contribution in [0.25, 0.3) is 5.65 Å². The summed E-state index contributed by atoms with van der Waals surface area (Å²) in [5.74, 6) is 0.791. The number of aromatic nitrogens is 3. The van der Waals surface area contributed by atoms with Crippen LogP contribution in [0.1, 0.15) is 56.2 Å². The number of nitrogens with two attached hydrogens (primary N) is 1.